The van der Waals surface area contributed by atoms with E-state index in [1.165, 1.54) is 0 Å². The molecule has 3 fully saturated rings. The SMILES string of the molecule is Cc1cc(N2CCCOCC2c2ccc(OC[C@@H](O)CO)cc2Cl)nc(N)n1.Cc1cc(N2CCCOC[C@@H]2c2ccc(OC[C@@H](O)CO)cc2Cl)nc(N)n1.Cc1cc(N2CCCOC[C@H]2c2ccc(OC[C@@H](O)CO)cc2Cl)nc(N)n1. The third-order valence-corrected chi connectivity index (χ3v) is 14.4. The number of benzene rings is 3. The van der Waals surface area contributed by atoms with E-state index < -0.39 is 18.3 Å². The van der Waals surface area contributed by atoms with Crippen LogP contribution in [0.25, 0.3) is 0 Å². The van der Waals surface area contributed by atoms with Gasteiger partial charge in [0.1, 0.15) is 72.8 Å². The molecule has 3 aliphatic rings. The molecule has 3 aromatic heterocycles. The second kappa shape index (κ2) is 32.2. The van der Waals surface area contributed by atoms with Crippen molar-refractivity contribution in [2.45, 2.75) is 76.5 Å². The molecule has 6 aromatic rings. The molecular formula is C57H75Cl3N12O12. The van der Waals surface area contributed by atoms with Gasteiger partial charge in [-0.3, -0.25) is 0 Å². The summed E-state index contributed by atoms with van der Waals surface area (Å²) in [6.07, 6.45) is -0.228. The summed E-state index contributed by atoms with van der Waals surface area (Å²) < 4.78 is 33.8. The number of aryl methyl sites for hydroxylation is 3. The highest BCUT2D eigenvalue weighted by Gasteiger charge is 2.30. The van der Waals surface area contributed by atoms with Gasteiger partial charge in [0.15, 0.2) is 0 Å². The standard InChI is InChI=1S/3C19H25ClN4O4/c3*1-12-7-18(23-19(21)22-12)24-5-2-6-27-11-17(24)15-4-3-14(8-16(15)20)28-10-13(26)9-25/h3*3-4,7-8,13,17,25-26H,2,5-6,9-11H2,1H3,(H2,21,22,23)/t13-,17?;13-,17+;13-,17-/m000/s1. The number of nitrogen functional groups attached to an aromatic ring is 3. The van der Waals surface area contributed by atoms with Crippen LogP contribution >= 0.6 is 34.8 Å². The summed E-state index contributed by atoms with van der Waals surface area (Å²) >= 11 is 19.6. The normalized spacial score (nSPS) is 18.6. The van der Waals surface area contributed by atoms with Gasteiger partial charge in [0.25, 0.3) is 0 Å². The summed E-state index contributed by atoms with van der Waals surface area (Å²) in [6.45, 7) is 10.1. The fraction of sp³-hybridized carbons (Fsp3) is 0.474. The van der Waals surface area contributed by atoms with Crippen LogP contribution in [0.1, 0.15) is 71.2 Å². The Bertz CT molecular complexity index is 2680. The number of aromatic nitrogens is 6. The molecule has 3 saturated heterocycles. The van der Waals surface area contributed by atoms with E-state index in [0.29, 0.717) is 72.0 Å². The molecule has 3 aliphatic heterocycles. The molecule has 0 bridgehead atoms. The Balaban J connectivity index is 0.000000181. The first kappa shape index (κ1) is 65.2. The number of aliphatic hydroxyl groups is 6. The van der Waals surface area contributed by atoms with E-state index >= 15 is 0 Å². The van der Waals surface area contributed by atoms with Crippen LogP contribution in [0.15, 0.2) is 72.8 Å². The molecule has 1 unspecified atom stereocenters. The second-order valence-electron chi connectivity index (χ2n) is 20.1. The quantitative estimate of drug-likeness (QED) is 0.0536. The average molecular weight is 1230 g/mol. The van der Waals surface area contributed by atoms with Gasteiger partial charge in [0, 0.05) is 89.8 Å². The smallest absolute Gasteiger partial charge is 0.222 e. The lowest BCUT2D eigenvalue weighted by Gasteiger charge is -2.31. The first-order valence-electron chi connectivity index (χ1n) is 27.4. The molecule has 24 nitrogen and oxygen atoms in total. The van der Waals surface area contributed by atoms with E-state index in [4.69, 9.17) is 95.7 Å². The number of aliphatic hydroxyl groups excluding tert-OH is 6. The second-order valence-corrected chi connectivity index (χ2v) is 21.3. The van der Waals surface area contributed by atoms with Crippen LogP contribution < -0.4 is 46.1 Å². The Morgan fingerprint density at radius 3 is 0.976 bits per heavy atom. The van der Waals surface area contributed by atoms with Crippen LogP contribution in [0.2, 0.25) is 15.1 Å². The Hall–Kier alpha value is -6.39. The largest absolute Gasteiger partial charge is 0.491 e. The summed E-state index contributed by atoms with van der Waals surface area (Å²) in [5, 5.41) is 56.5. The summed E-state index contributed by atoms with van der Waals surface area (Å²) in [4.78, 5) is 32.0. The van der Waals surface area contributed by atoms with Crippen molar-refractivity contribution in [3.05, 3.63) is 122 Å². The van der Waals surface area contributed by atoms with Gasteiger partial charge in [-0.05, 0) is 93.1 Å². The van der Waals surface area contributed by atoms with Crippen LogP contribution in [0.3, 0.4) is 0 Å². The highest BCUT2D eigenvalue weighted by molar-refractivity contribution is 6.32. The van der Waals surface area contributed by atoms with E-state index in [-0.39, 0.29) is 75.6 Å². The van der Waals surface area contributed by atoms with Crippen LogP contribution in [0.5, 0.6) is 17.2 Å². The van der Waals surface area contributed by atoms with Crippen molar-refractivity contribution in [1.82, 2.24) is 29.9 Å². The molecule has 27 heteroatoms. The molecule has 3 aromatic carbocycles. The maximum absolute atomic E-state index is 9.43. The number of halogens is 3. The van der Waals surface area contributed by atoms with Crippen molar-refractivity contribution in [1.29, 1.82) is 0 Å². The van der Waals surface area contributed by atoms with E-state index in [1.54, 1.807) is 36.4 Å². The lowest BCUT2D eigenvalue weighted by atomic mass is 10.1. The molecule has 12 N–H and O–H groups in total. The predicted molar refractivity (Wildman–Crippen MR) is 320 cm³/mol. The van der Waals surface area contributed by atoms with Gasteiger partial charge in [-0.15, -0.1) is 0 Å². The first-order chi connectivity index (χ1) is 40.4. The number of rotatable bonds is 18. The number of hydrogen-bond acceptors (Lipinski definition) is 24. The Labute approximate surface area is 503 Å². The van der Waals surface area contributed by atoms with Gasteiger partial charge in [0.05, 0.1) is 57.8 Å². The molecule has 0 amide bonds. The van der Waals surface area contributed by atoms with Crippen molar-refractivity contribution in [3.63, 3.8) is 0 Å². The third-order valence-electron chi connectivity index (χ3n) is 13.4. The zero-order valence-electron chi connectivity index (χ0n) is 47.1. The maximum Gasteiger partial charge on any atom is 0.222 e. The molecule has 6 atom stereocenters. The maximum atomic E-state index is 9.43. The van der Waals surface area contributed by atoms with Crippen LogP contribution in [-0.4, -0.2) is 178 Å². The van der Waals surface area contributed by atoms with Crippen molar-refractivity contribution in [2.24, 2.45) is 0 Å². The molecule has 0 radical (unpaired) electrons. The van der Waals surface area contributed by atoms with Crippen LogP contribution in [0, 0.1) is 20.8 Å². The molecule has 0 spiro atoms. The minimum atomic E-state index is -0.935. The van der Waals surface area contributed by atoms with E-state index in [9.17, 15) is 15.3 Å². The van der Waals surface area contributed by atoms with E-state index in [1.807, 2.05) is 57.2 Å². The molecule has 0 aliphatic carbocycles. The fourth-order valence-corrected chi connectivity index (χ4v) is 10.3. The molecule has 9 rings (SSSR count). The van der Waals surface area contributed by atoms with Crippen molar-refractivity contribution in [3.8, 4) is 17.2 Å². The van der Waals surface area contributed by atoms with Gasteiger partial charge in [-0.1, -0.05) is 53.0 Å². The summed E-state index contributed by atoms with van der Waals surface area (Å²) in [5.41, 5.74) is 22.6. The molecule has 456 valence electrons. The van der Waals surface area contributed by atoms with Gasteiger partial charge >= 0.3 is 0 Å². The average Bonchev–Trinajstić information content (AvgIpc) is 3.85. The minimum Gasteiger partial charge on any atom is -0.491 e. The highest BCUT2D eigenvalue weighted by atomic mass is 35.5. The predicted octanol–water partition coefficient (Wildman–Crippen LogP) is 5.16. The van der Waals surface area contributed by atoms with Crippen LogP contribution in [0.4, 0.5) is 35.3 Å². The lowest BCUT2D eigenvalue weighted by Crippen LogP contribution is -2.32. The summed E-state index contributed by atoms with van der Waals surface area (Å²) in [5.74, 6) is 4.47. The number of ether oxygens (including phenoxy) is 6. The van der Waals surface area contributed by atoms with Crippen molar-refractivity contribution in [2.75, 3.05) is 131 Å². The lowest BCUT2D eigenvalue weighted by molar-refractivity contribution is 0.0536. The fourth-order valence-electron chi connectivity index (χ4n) is 9.43. The van der Waals surface area contributed by atoms with Crippen molar-refractivity contribution < 1.29 is 59.1 Å². The highest BCUT2D eigenvalue weighted by Crippen LogP contribution is 2.38. The Kier molecular flexibility index (Phi) is 25.0. The summed E-state index contributed by atoms with van der Waals surface area (Å²) in [7, 11) is 0. The number of anilines is 6. The monoisotopic (exact) mass is 1220 g/mol. The molecule has 84 heavy (non-hydrogen) atoms. The number of nitrogens with two attached hydrogens (primary N) is 3. The number of hydrogen-bond donors (Lipinski definition) is 9. The Morgan fingerprint density at radius 2 is 0.738 bits per heavy atom. The molecular weight excluding hydrogens is 1150 g/mol. The zero-order valence-corrected chi connectivity index (χ0v) is 49.4. The van der Waals surface area contributed by atoms with E-state index in [0.717, 1.165) is 90.1 Å². The molecule has 6 heterocycles. The summed E-state index contributed by atoms with van der Waals surface area (Å²) in [6, 6.07) is 21.4. The molecule has 0 saturated carbocycles. The van der Waals surface area contributed by atoms with Gasteiger partial charge in [-0.2, -0.15) is 15.0 Å². The van der Waals surface area contributed by atoms with Crippen molar-refractivity contribution >= 4 is 70.1 Å². The number of nitrogens with zero attached hydrogens (tertiary/aromatic N) is 9. The minimum absolute atomic E-state index is 0.00959. The third kappa shape index (κ3) is 18.8. The topological polar surface area (TPSA) is 342 Å². The zero-order chi connectivity index (χ0) is 60.3. The van der Waals surface area contributed by atoms with Gasteiger partial charge < -0.3 is 91.0 Å². The van der Waals surface area contributed by atoms with Gasteiger partial charge in [-0.25, -0.2) is 15.0 Å². The van der Waals surface area contributed by atoms with Crippen LogP contribution in [-0.2, 0) is 14.2 Å². The Morgan fingerprint density at radius 1 is 0.464 bits per heavy atom. The van der Waals surface area contributed by atoms with E-state index in [2.05, 4.69) is 44.6 Å². The van der Waals surface area contributed by atoms with Gasteiger partial charge in [0.2, 0.25) is 17.8 Å². The first-order valence-corrected chi connectivity index (χ1v) is 28.6.